The van der Waals surface area contributed by atoms with Crippen molar-refractivity contribution >= 4 is 11.6 Å². The number of amides is 1. The number of ether oxygens (including phenoxy) is 2. The fourth-order valence-electron chi connectivity index (χ4n) is 1.15. The smallest absolute Gasteiger partial charge is 0.387 e. The fraction of sp³-hybridized carbons (Fsp3) is 0.364. The van der Waals surface area contributed by atoms with Gasteiger partial charge in [0.1, 0.15) is 12.4 Å². The quantitative estimate of drug-likeness (QED) is 0.836. The predicted octanol–water partition coefficient (Wildman–Crippen LogP) is 2.26. The van der Waals surface area contributed by atoms with Crippen LogP contribution in [0.2, 0.25) is 0 Å². The Labute approximate surface area is 97.5 Å². The Morgan fingerprint density at radius 1 is 1.41 bits per heavy atom. The number of anilines is 1. The van der Waals surface area contributed by atoms with Gasteiger partial charge in [0.05, 0.1) is 5.69 Å². The summed E-state index contributed by atoms with van der Waals surface area (Å²) in [7, 11) is 0. The molecule has 6 heteroatoms. The predicted molar refractivity (Wildman–Crippen MR) is 58.2 cm³/mol. The summed E-state index contributed by atoms with van der Waals surface area (Å²) in [5, 5.41) is 2.43. The first-order valence-corrected chi connectivity index (χ1v) is 5.05. The molecule has 1 rings (SSSR count). The van der Waals surface area contributed by atoms with Crippen LogP contribution in [0.1, 0.15) is 6.92 Å². The van der Waals surface area contributed by atoms with E-state index in [4.69, 9.17) is 4.74 Å². The molecular weight excluding hydrogens is 232 g/mol. The van der Waals surface area contributed by atoms with E-state index in [-0.39, 0.29) is 18.0 Å². The zero-order valence-electron chi connectivity index (χ0n) is 9.28. The van der Waals surface area contributed by atoms with E-state index in [1.807, 2.05) is 0 Å². The lowest BCUT2D eigenvalue weighted by atomic mass is 10.3. The van der Waals surface area contributed by atoms with E-state index in [0.29, 0.717) is 6.61 Å². The maximum atomic E-state index is 12.1. The topological polar surface area (TPSA) is 47.6 Å². The second kappa shape index (κ2) is 6.80. The summed E-state index contributed by atoms with van der Waals surface area (Å²) < 4.78 is 33.3. The Bertz CT molecular complexity index is 371. The van der Waals surface area contributed by atoms with Crippen molar-refractivity contribution in [3.63, 3.8) is 0 Å². The number of benzene rings is 1. The van der Waals surface area contributed by atoms with Crippen LogP contribution in [0.3, 0.4) is 0 Å². The lowest BCUT2D eigenvalue weighted by Gasteiger charge is -2.11. The van der Waals surface area contributed by atoms with Gasteiger partial charge in [-0.15, -0.1) is 0 Å². The maximum absolute atomic E-state index is 12.1. The lowest BCUT2D eigenvalue weighted by molar-refractivity contribution is -0.120. The molecule has 0 aliphatic carbocycles. The van der Waals surface area contributed by atoms with Gasteiger partial charge in [-0.05, 0) is 19.1 Å². The van der Waals surface area contributed by atoms with Crippen molar-refractivity contribution in [2.75, 3.05) is 18.5 Å². The molecular formula is C11H13F2NO3. The Morgan fingerprint density at radius 3 is 2.76 bits per heavy atom. The first-order chi connectivity index (χ1) is 8.13. The van der Waals surface area contributed by atoms with Crippen LogP contribution in [0.15, 0.2) is 24.3 Å². The van der Waals surface area contributed by atoms with Gasteiger partial charge in [-0.25, -0.2) is 0 Å². The molecule has 1 N–H and O–H groups in total. The number of nitrogens with one attached hydrogen (secondary N) is 1. The monoisotopic (exact) mass is 245 g/mol. The van der Waals surface area contributed by atoms with Gasteiger partial charge in [0.15, 0.2) is 0 Å². The minimum absolute atomic E-state index is 0.0765. The van der Waals surface area contributed by atoms with Crippen molar-refractivity contribution in [1.82, 2.24) is 0 Å². The molecule has 1 amide bonds. The molecule has 0 spiro atoms. The number of hydrogen-bond acceptors (Lipinski definition) is 3. The number of rotatable bonds is 6. The van der Waals surface area contributed by atoms with Crippen LogP contribution in [0, 0.1) is 0 Å². The molecule has 17 heavy (non-hydrogen) atoms. The molecule has 0 bridgehead atoms. The number of alkyl halides is 2. The summed E-state index contributed by atoms with van der Waals surface area (Å²) in [4.78, 5) is 11.3. The van der Waals surface area contributed by atoms with E-state index < -0.39 is 12.5 Å². The minimum Gasteiger partial charge on any atom is -0.433 e. The van der Waals surface area contributed by atoms with Crippen LogP contribution in [0.5, 0.6) is 5.75 Å². The summed E-state index contributed by atoms with van der Waals surface area (Å²) in [6.45, 7) is -0.900. The van der Waals surface area contributed by atoms with Gasteiger partial charge in [0.25, 0.3) is 0 Å². The van der Waals surface area contributed by atoms with E-state index >= 15 is 0 Å². The molecule has 1 aromatic rings. The first kappa shape index (κ1) is 13.4. The number of hydrogen-bond donors (Lipinski definition) is 1. The third kappa shape index (κ3) is 4.78. The zero-order valence-corrected chi connectivity index (χ0v) is 9.28. The molecule has 0 saturated carbocycles. The first-order valence-electron chi connectivity index (χ1n) is 5.05. The van der Waals surface area contributed by atoms with Crippen molar-refractivity contribution in [3.05, 3.63) is 24.3 Å². The molecule has 0 atom stereocenters. The summed E-state index contributed by atoms with van der Waals surface area (Å²) in [6.07, 6.45) is 0. The van der Waals surface area contributed by atoms with Crippen LogP contribution in [-0.2, 0) is 9.53 Å². The van der Waals surface area contributed by atoms with Gasteiger partial charge in [-0.1, -0.05) is 12.1 Å². The van der Waals surface area contributed by atoms with E-state index in [1.54, 1.807) is 13.0 Å². The molecule has 0 saturated heterocycles. The molecule has 0 aliphatic rings. The highest BCUT2D eigenvalue weighted by molar-refractivity contribution is 5.93. The lowest BCUT2D eigenvalue weighted by Crippen LogP contribution is -2.19. The van der Waals surface area contributed by atoms with Crippen molar-refractivity contribution in [1.29, 1.82) is 0 Å². The van der Waals surface area contributed by atoms with Gasteiger partial charge < -0.3 is 14.8 Å². The molecule has 0 fully saturated rings. The highest BCUT2D eigenvalue weighted by atomic mass is 19.3. The number of carbonyl (C=O) groups excluding carboxylic acids is 1. The summed E-state index contributed by atoms with van der Waals surface area (Å²) in [6, 6.07) is 5.97. The van der Waals surface area contributed by atoms with E-state index in [9.17, 15) is 13.6 Å². The van der Waals surface area contributed by atoms with Crippen LogP contribution < -0.4 is 10.1 Å². The van der Waals surface area contributed by atoms with Gasteiger partial charge >= 0.3 is 6.61 Å². The number of halogens is 2. The van der Waals surface area contributed by atoms with E-state index in [1.165, 1.54) is 18.2 Å². The number of carbonyl (C=O) groups is 1. The largest absolute Gasteiger partial charge is 0.433 e. The van der Waals surface area contributed by atoms with Crippen molar-refractivity contribution in [2.24, 2.45) is 0 Å². The molecule has 0 heterocycles. The van der Waals surface area contributed by atoms with Crippen LogP contribution in [0.25, 0.3) is 0 Å². The maximum Gasteiger partial charge on any atom is 0.387 e. The van der Waals surface area contributed by atoms with E-state index in [0.717, 1.165) is 0 Å². The SMILES string of the molecule is CCOCC(=O)Nc1ccccc1OC(F)F. The van der Waals surface area contributed by atoms with Gasteiger partial charge in [-0.2, -0.15) is 8.78 Å². The minimum atomic E-state index is -2.93. The third-order valence-electron chi connectivity index (χ3n) is 1.81. The van der Waals surface area contributed by atoms with Crippen LogP contribution >= 0.6 is 0 Å². The highest BCUT2D eigenvalue weighted by Crippen LogP contribution is 2.25. The summed E-state index contributed by atoms with van der Waals surface area (Å²) in [5.74, 6) is -0.496. The van der Waals surface area contributed by atoms with Crippen molar-refractivity contribution in [2.45, 2.75) is 13.5 Å². The Hall–Kier alpha value is -1.69. The van der Waals surface area contributed by atoms with Gasteiger partial charge in [-0.3, -0.25) is 4.79 Å². The molecule has 94 valence electrons. The molecule has 4 nitrogen and oxygen atoms in total. The molecule has 0 radical (unpaired) electrons. The molecule has 1 aromatic carbocycles. The van der Waals surface area contributed by atoms with Crippen LogP contribution in [0.4, 0.5) is 14.5 Å². The number of para-hydroxylation sites is 2. The van der Waals surface area contributed by atoms with Crippen LogP contribution in [-0.4, -0.2) is 25.7 Å². The normalized spacial score (nSPS) is 10.4. The Kier molecular flexibility index (Phi) is 5.35. The fourth-order valence-corrected chi connectivity index (χ4v) is 1.15. The molecule has 0 unspecified atom stereocenters. The molecule has 0 aliphatic heterocycles. The zero-order chi connectivity index (χ0) is 12.7. The highest BCUT2D eigenvalue weighted by Gasteiger charge is 2.11. The van der Waals surface area contributed by atoms with Crippen molar-refractivity contribution < 1.29 is 23.0 Å². The third-order valence-corrected chi connectivity index (χ3v) is 1.81. The average molecular weight is 245 g/mol. The summed E-state index contributed by atoms with van der Waals surface area (Å²) in [5.41, 5.74) is 0.192. The average Bonchev–Trinajstić information content (AvgIpc) is 2.28. The second-order valence-corrected chi connectivity index (χ2v) is 3.06. The second-order valence-electron chi connectivity index (χ2n) is 3.06. The standard InChI is InChI=1S/C11H13F2NO3/c1-2-16-7-10(15)14-8-5-3-4-6-9(8)17-11(12)13/h3-6,11H,2,7H2,1H3,(H,14,15). The Morgan fingerprint density at radius 2 is 2.12 bits per heavy atom. The Balaban J connectivity index is 2.66. The molecule has 0 aromatic heterocycles. The van der Waals surface area contributed by atoms with E-state index in [2.05, 4.69) is 10.1 Å². The van der Waals surface area contributed by atoms with Crippen molar-refractivity contribution in [3.8, 4) is 5.75 Å². The summed E-state index contributed by atoms with van der Waals surface area (Å²) >= 11 is 0. The van der Waals surface area contributed by atoms with Gasteiger partial charge in [0, 0.05) is 6.61 Å². The van der Waals surface area contributed by atoms with Gasteiger partial charge in [0.2, 0.25) is 5.91 Å².